The Hall–Kier alpha value is -1.76. The summed E-state index contributed by atoms with van der Waals surface area (Å²) < 4.78 is 45.9. The molecule has 1 fully saturated rings. The fourth-order valence-corrected chi connectivity index (χ4v) is 2.82. The second-order valence-corrected chi connectivity index (χ2v) is 5.29. The number of nitrogens with two attached hydrogens (primary N) is 1. The van der Waals surface area contributed by atoms with E-state index in [0.717, 1.165) is 18.9 Å². The number of guanidine groups is 1. The molecular formula is C14H16F3N3O. The Morgan fingerprint density at radius 1 is 1.24 bits per heavy atom. The molecule has 2 atom stereocenters. The number of halogens is 3. The maximum atomic E-state index is 13.9. The van der Waals surface area contributed by atoms with Crippen molar-refractivity contribution in [3.05, 3.63) is 35.1 Å². The van der Waals surface area contributed by atoms with Crippen LogP contribution in [-0.2, 0) is 4.74 Å². The number of hydrogen-bond donors (Lipinski definition) is 1. The fourth-order valence-electron chi connectivity index (χ4n) is 2.82. The standard InChI is InChI=1S/C14H16F3N3O/c15-10-5-12(17)11(16)4-9(10)13-6-19-14(18)20(13)7-8-2-1-3-21-8/h4-5,8,13H,1-3,6-7H2,(H2,18,19). The summed E-state index contributed by atoms with van der Waals surface area (Å²) >= 11 is 0. The average molecular weight is 299 g/mol. The lowest BCUT2D eigenvalue weighted by Gasteiger charge is -2.29. The lowest BCUT2D eigenvalue weighted by atomic mass is 10.0. The summed E-state index contributed by atoms with van der Waals surface area (Å²) in [7, 11) is 0. The number of rotatable bonds is 3. The van der Waals surface area contributed by atoms with Gasteiger partial charge in [-0.3, -0.25) is 4.99 Å². The molecule has 0 aliphatic carbocycles. The van der Waals surface area contributed by atoms with Crippen molar-refractivity contribution in [1.29, 1.82) is 0 Å². The third kappa shape index (κ3) is 2.70. The highest BCUT2D eigenvalue weighted by atomic mass is 19.2. The number of hydrogen-bond acceptors (Lipinski definition) is 4. The van der Waals surface area contributed by atoms with Crippen molar-refractivity contribution >= 4 is 5.96 Å². The van der Waals surface area contributed by atoms with Crippen LogP contribution in [0.1, 0.15) is 24.4 Å². The zero-order valence-corrected chi connectivity index (χ0v) is 11.4. The molecule has 0 spiro atoms. The van der Waals surface area contributed by atoms with Gasteiger partial charge < -0.3 is 15.4 Å². The van der Waals surface area contributed by atoms with Gasteiger partial charge in [-0.15, -0.1) is 0 Å². The van der Waals surface area contributed by atoms with Crippen LogP contribution in [0.2, 0.25) is 0 Å². The molecule has 0 bridgehead atoms. The first-order valence-electron chi connectivity index (χ1n) is 6.89. The predicted molar refractivity (Wildman–Crippen MR) is 71.2 cm³/mol. The molecule has 2 N–H and O–H groups in total. The van der Waals surface area contributed by atoms with E-state index in [2.05, 4.69) is 4.99 Å². The van der Waals surface area contributed by atoms with Crippen molar-refractivity contribution in [2.45, 2.75) is 25.0 Å². The molecule has 4 nitrogen and oxygen atoms in total. The number of ether oxygens (including phenoxy) is 1. The van der Waals surface area contributed by atoms with Crippen LogP contribution >= 0.6 is 0 Å². The number of aliphatic imine (C=N–C) groups is 1. The molecule has 114 valence electrons. The summed E-state index contributed by atoms with van der Waals surface area (Å²) in [5.74, 6) is -2.79. The molecule has 0 saturated carbocycles. The minimum absolute atomic E-state index is 0.00714. The van der Waals surface area contributed by atoms with Gasteiger partial charge in [-0.1, -0.05) is 0 Å². The van der Waals surface area contributed by atoms with Crippen LogP contribution in [0.25, 0.3) is 0 Å². The SMILES string of the molecule is NC1=NCC(c2cc(F)c(F)cc2F)N1CC1CCCO1. The molecule has 1 saturated heterocycles. The first-order valence-corrected chi connectivity index (χ1v) is 6.89. The van der Waals surface area contributed by atoms with Gasteiger partial charge in [0.05, 0.1) is 18.7 Å². The summed E-state index contributed by atoms with van der Waals surface area (Å²) in [5, 5.41) is 0. The monoisotopic (exact) mass is 299 g/mol. The van der Waals surface area contributed by atoms with Gasteiger partial charge >= 0.3 is 0 Å². The Morgan fingerprint density at radius 3 is 2.71 bits per heavy atom. The van der Waals surface area contributed by atoms with Gasteiger partial charge in [0.1, 0.15) is 5.82 Å². The van der Waals surface area contributed by atoms with Crippen molar-refractivity contribution in [2.24, 2.45) is 10.7 Å². The predicted octanol–water partition coefficient (Wildman–Crippen LogP) is 1.95. The zero-order chi connectivity index (χ0) is 15.0. The Kier molecular flexibility index (Phi) is 3.75. The normalized spacial score (nSPS) is 25.5. The lowest BCUT2D eigenvalue weighted by Crippen LogP contribution is -2.41. The molecule has 2 aliphatic heterocycles. The summed E-state index contributed by atoms with van der Waals surface area (Å²) in [5.41, 5.74) is 5.90. The molecule has 21 heavy (non-hydrogen) atoms. The third-order valence-corrected chi connectivity index (χ3v) is 3.92. The van der Waals surface area contributed by atoms with Gasteiger partial charge in [-0.2, -0.15) is 0 Å². The highest BCUT2D eigenvalue weighted by Gasteiger charge is 2.33. The summed E-state index contributed by atoms with van der Waals surface area (Å²) in [6.45, 7) is 1.39. The van der Waals surface area contributed by atoms with Crippen molar-refractivity contribution in [1.82, 2.24) is 4.90 Å². The van der Waals surface area contributed by atoms with Crippen molar-refractivity contribution in [3.8, 4) is 0 Å². The summed E-state index contributed by atoms with van der Waals surface area (Å²) in [4.78, 5) is 5.79. The number of benzene rings is 1. The molecule has 1 aromatic carbocycles. The first-order chi connectivity index (χ1) is 10.1. The van der Waals surface area contributed by atoms with Crippen molar-refractivity contribution in [2.75, 3.05) is 19.7 Å². The Labute approximate surface area is 120 Å². The topological polar surface area (TPSA) is 50.8 Å². The van der Waals surface area contributed by atoms with E-state index in [1.807, 2.05) is 0 Å². The molecule has 2 heterocycles. The van der Waals surface area contributed by atoms with Gasteiger partial charge in [0.25, 0.3) is 0 Å². The summed E-state index contributed by atoms with van der Waals surface area (Å²) in [6, 6.07) is 0.916. The Morgan fingerprint density at radius 2 is 2.00 bits per heavy atom. The molecule has 1 aromatic rings. The highest BCUT2D eigenvalue weighted by Crippen LogP contribution is 2.30. The van der Waals surface area contributed by atoms with Gasteiger partial charge in [-0.05, 0) is 18.9 Å². The van der Waals surface area contributed by atoms with E-state index in [1.54, 1.807) is 4.90 Å². The van der Waals surface area contributed by atoms with Gasteiger partial charge in [0.15, 0.2) is 17.6 Å². The lowest BCUT2D eigenvalue weighted by molar-refractivity contribution is 0.0849. The van der Waals surface area contributed by atoms with E-state index in [0.29, 0.717) is 19.2 Å². The first kappa shape index (κ1) is 14.2. The van der Waals surface area contributed by atoms with Crippen LogP contribution < -0.4 is 5.73 Å². The van der Waals surface area contributed by atoms with E-state index in [-0.39, 0.29) is 24.2 Å². The van der Waals surface area contributed by atoms with Crippen LogP contribution in [0.5, 0.6) is 0 Å². The maximum Gasteiger partial charge on any atom is 0.192 e. The molecule has 3 rings (SSSR count). The Balaban J connectivity index is 1.85. The van der Waals surface area contributed by atoms with Gasteiger partial charge in [-0.25, -0.2) is 13.2 Å². The van der Waals surface area contributed by atoms with Crippen LogP contribution in [-0.4, -0.2) is 36.7 Å². The van der Waals surface area contributed by atoms with E-state index in [1.165, 1.54) is 0 Å². The largest absolute Gasteiger partial charge is 0.376 e. The second-order valence-electron chi connectivity index (χ2n) is 5.29. The molecule has 2 aliphatic rings. The van der Waals surface area contributed by atoms with E-state index in [4.69, 9.17) is 10.5 Å². The van der Waals surface area contributed by atoms with Crippen LogP contribution in [0.3, 0.4) is 0 Å². The van der Waals surface area contributed by atoms with Crippen LogP contribution in [0, 0.1) is 17.5 Å². The van der Waals surface area contributed by atoms with Gasteiger partial charge in [0, 0.05) is 24.8 Å². The molecule has 0 aromatic heterocycles. The second kappa shape index (κ2) is 5.55. The van der Waals surface area contributed by atoms with Crippen LogP contribution in [0.15, 0.2) is 17.1 Å². The zero-order valence-electron chi connectivity index (χ0n) is 11.4. The summed E-state index contributed by atoms with van der Waals surface area (Å²) in [6.07, 6.45) is 1.88. The highest BCUT2D eigenvalue weighted by molar-refractivity contribution is 5.80. The third-order valence-electron chi connectivity index (χ3n) is 3.92. The smallest absolute Gasteiger partial charge is 0.192 e. The van der Waals surface area contributed by atoms with E-state index < -0.39 is 23.5 Å². The minimum atomic E-state index is -1.20. The molecule has 2 unspecified atom stereocenters. The van der Waals surface area contributed by atoms with Crippen LogP contribution in [0.4, 0.5) is 13.2 Å². The Bertz CT molecular complexity index is 573. The average Bonchev–Trinajstić information content (AvgIpc) is 3.06. The quantitative estimate of drug-likeness (QED) is 0.868. The molecule has 0 radical (unpaired) electrons. The van der Waals surface area contributed by atoms with E-state index >= 15 is 0 Å². The number of nitrogens with zero attached hydrogens (tertiary/aromatic N) is 2. The molecular weight excluding hydrogens is 283 g/mol. The fraction of sp³-hybridized carbons (Fsp3) is 0.500. The molecule has 0 amide bonds. The van der Waals surface area contributed by atoms with Crippen molar-refractivity contribution in [3.63, 3.8) is 0 Å². The maximum absolute atomic E-state index is 13.9. The van der Waals surface area contributed by atoms with Crippen molar-refractivity contribution < 1.29 is 17.9 Å². The minimum Gasteiger partial charge on any atom is -0.376 e. The van der Waals surface area contributed by atoms with Gasteiger partial charge in [0.2, 0.25) is 0 Å². The molecule has 7 heteroatoms. The van der Waals surface area contributed by atoms with E-state index in [9.17, 15) is 13.2 Å².